The van der Waals surface area contributed by atoms with Crippen molar-refractivity contribution in [1.29, 1.82) is 0 Å². The van der Waals surface area contributed by atoms with Gasteiger partial charge in [-0.3, -0.25) is 9.78 Å². The Balaban J connectivity index is 1.61. The molecule has 0 N–H and O–H groups in total. The topological polar surface area (TPSA) is 67.2 Å². The molecule has 3 rings (SSSR count). The molecule has 1 fully saturated rings. The Labute approximate surface area is 154 Å². The molecule has 0 spiro atoms. The fourth-order valence-corrected chi connectivity index (χ4v) is 3.16. The summed E-state index contributed by atoms with van der Waals surface area (Å²) in [5.41, 5.74) is 1.78. The number of piperidine rings is 1. The lowest BCUT2D eigenvalue weighted by atomic mass is 9.93. The molecule has 1 amide bonds. The number of hydrogen-bond acceptors (Lipinski definition) is 5. The van der Waals surface area contributed by atoms with E-state index >= 15 is 0 Å². The van der Waals surface area contributed by atoms with Crippen molar-refractivity contribution in [3.8, 4) is 11.5 Å². The van der Waals surface area contributed by atoms with Crippen molar-refractivity contribution in [1.82, 2.24) is 29.3 Å². The largest absolute Gasteiger partial charge is 0.339 e. The number of imidazole rings is 1. The minimum absolute atomic E-state index is 0.0955. The van der Waals surface area contributed by atoms with Gasteiger partial charge in [0.25, 0.3) is 0 Å². The van der Waals surface area contributed by atoms with Crippen LogP contribution in [0.3, 0.4) is 0 Å². The maximum absolute atomic E-state index is 12.3. The first-order valence-electron chi connectivity index (χ1n) is 8.94. The summed E-state index contributed by atoms with van der Waals surface area (Å²) in [5, 5.41) is 0. The van der Waals surface area contributed by atoms with E-state index in [9.17, 15) is 4.79 Å². The lowest BCUT2D eigenvalue weighted by Gasteiger charge is -2.31. The predicted molar refractivity (Wildman–Crippen MR) is 100 cm³/mol. The molecule has 0 aromatic carbocycles. The third-order valence-electron chi connectivity index (χ3n) is 4.66. The number of likely N-dealkylation sites (tertiary alicyclic amines) is 1. The van der Waals surface area contributed by atoms with Crippen LogP contribution in [-0.2, 0) is 11.8 Å². The van der Waals surface area contributed by atoms with Gasteiger partial charge < -0.3 is 14.4 Å². The minimum atomic E-state index is 0.0955. The Bertz CT molecular complexity index is 774. The van der Waals surface area contributed by atoms with Crippen LogP contribution in [0.25, 0.3) is 11.5 Å². The fourth-order valence-electron chi connectivity index (χ4n) is 3.16. The Kier molecular flexibility index (Phi) is 5.78. The first-order chi connectivity index (χ1) is 12.5. The van der Waals surface area contributed by atoms with Crippen molar-refractivity contribution in [3.05, 3.63) is 42.6 Å². The molecule has 7 nitrogen and oxygen atoms in total. The van der Waals surface area contributed by atoms with Crippen molar-refractivity contribution in [2.24, 2.45) is 7.05 Å². The Morgan fingerprint density at radius 1 is 1.31 bits per heavy atom. The molecule has 0 bridgehead atoms. The molecule has 2 aromatic heterocycles. The summed E-state index contributed by atoms with van der Waals surface area (Å²) < 4.78 is 1.94. The van der Waals surface area contributed by atoms with Gasteiger partial charge in [-0.15, -0.1) is 0 Å². The zero-order valence-corrected chi connectivity index (χ0v) is 15.7. The molecule has 3 heterocycles. The number of amides is 1. The smallest absolute Gasteiger partial charge is 0.246 e. The predicted octanol–water partition coefficient (Wildman–Crippen LogP) is 1.70. The highest BCUT2D eigenvalue weighted by Gasteiger charge is 2.24. The van der Waals surface area contributed by atoms with E-state index in [0.29, 0.717) is 5.92 Å². The van der Waals surface area contributed by atoms with Gasteiger partial charge in [0.1, 0.15) is 5.69 Å². The number of carbonyl (C=O) groups excluding carboxylic acids is 1. The van der Waals surface area contributed by atoms with Crippen LogP contribution in [0.1, 0.15) is 24.5 Å². The lowest BCUT2D eigenvalue weighted by molar-refractivity contribution is -0.127. The third-order valence-corrected chi connectivity index (χ3v) is 4.66. The number of likely N-dealkylation sites (N-methyl/N-ethyl adjacent to an activating group) is 1. The molecule has 0 aliphatic carbocycles. The monoisotopic (exact) mass is 354 g/mol. The summed E-state index contributed by atoms with van der Waals surface area (Å²) in [5.74, 6) is 1.24. The van der Waals surface area contributed by atoms with Gasteiger partial charge in [0.15, 0.2) is 5.82 Å². The average molecular weight is 354 g/mol. The van der Waals surface area contributed by atoms with Crippen LogP contribution < -0.4 is 0 Å². The summed E-state index contributed by atoms with van der Waals surface area (Å²) in [6.45, 7) is 2.28. The molecule has 1 aliphatic heterocycles. The number of carbonyl (C=O) groups is 1. The molecule has 1 aliphatic rings. The minimum Gasteiger partial charge on any atom is -0.339 e. The van der Waals surface area contributed by atoms with Crippen LogP contribution in [0, 0.1) is 0 Å². The molecule has 0 saturated carbocycles. The zero-order valence-electron chi connectivity index (χ0n) is 15.7. The fraction of sp³-hybridized carbons (Fsp3) is 0.474. The molecular weight excluding hydrogens is 328 g/mol. The summed E-state index contributed by atoms with van der Waals surface area (Å²) >= 11 is 0. The van der Waals surface area contributed by atoms with E-state index < -0.39 is 0 Å². The highest BCUT2D eigenvalue weighted by Crippen LogP contribution is 2.27. The number of hydrogen-bond donors (Lipinski definition) is 0. The van der Waals surface area contributed by atoms with E-state index in [2.05, 4.69) is 9.97 Å². The zero-order chi connectivity index (χ0) is 18.5. The van der Waals surface area contributed by atoms with E-state index in [1.165, 1.54) is 0 Å². The number of aryl methyl sites for hydroxylation is 1. The van der Waals surface area contributed by atoms with Crippen molar-refractivity contribution in [2.45, 2.75) is 18.8 Å². The van der Waals surface area contributed by atoms with Gasteiger partial charge in [-0.2, -0.15) is 0 Å². The molecule has 0 unspecified atom stereocenters. The highest BCUT2D eigenvalue weighted by atomic mass is 16.2. The second kappa shape index (κ2) is 8.23. The van der Waals surface area contributed by atoms with Crippen LogP contribution >= 0.6 is 0 Å². The molecule has 0 radical (unpaired) electrons. The van der Waals surface area contributed by atoms with Crippen LogP contribution in [0.5, 0.6) is 0 Å². The molecular formula is C19H26N6O. The Morgan fingerprint density at radius 3 is 2.73 bits per heavy atom. The Hall–Kier alpha value is -2.54. The van der Waals surface area contributed by atoms with Crippen LogP contribution in [0.15, 0.2) is 36.9 Å². The van der Waals surface area contributed by atoms with Gasteiger partial charge in [0.2, 0.25) is 5.91 Å². The summed E-state index contributed by atoms with van der Waals surface area (Å²) in [7, 11) is 5.92. The van der Waals surface area contributed by atoms with Crippen LogP contribution in [-0.4, -0.2) is 69.0 Å². The second-order valence-corrected chi connectivity index (χ2v) is 6.96. The van der Waals surface area contributed by atoms with E-state index in [0.717, 1.165) is 49.7 Å². The molecule has 2 aromatic rings. The van der Waals surface area contributed by atoms with Crippen molar-refractivity contribution in [3.63, 3.8) is 0 Å². The summed E-state index contributed by atoms with van der Waals surface area (Å²) in [4.78, 5) is 29.7. The molecule has 7 heteroatoms. The second-order valence-electron chi connectivity index (χ2n) is 6.96. The SMILES string of the molecule is CN(C)C/C=C/C(=O)N1CCC(c2cncc(-c3nccn3C)n2)CC1. The highest BCUT2D eigenvalue weighted by molar-refractivity contribution is 5.87. The standard InChI is InChI=1S/C19H26N6O/c1-23(2)9-4-5-18(26)25-10-6-15(7-11-25)16-13-20-14-17(22-16)19-21-8-12-24(19)3/h4-5,8,12-15H,6-7,9-11H2,1-3H3/b5-4+. The summed E-state index contributed by atoms with van der Waals surface area (Å²) in [6, 6.07) is 0. The van der Waals surface area contributed by atoms with Crippen molar-refractivity contribution >= 4 is 5.91 Å². The van der Waals surface area contributed by atoms with Crippen LogP contribution in [0.4, 0.5) is 0 Å². The molecule has 26 heavy (non-hydrogen) atoms. The third kappa shape index (κ3) is 4.35. The lowest BCUT2D eigenvalue weighted by Crippen LogP contribution is -2.37. The van der Waals surface area contributed by atoms with Gasteiger partial charge in [-0.1, -0.05) is 6.08 Å². The number of nitrogens with zero attached hydrogens (tertiary/aromatic N) is 6. The maximum Gasteiger partial charge on any atom is 0.246 e. The molecule has 138 valence electrons. The van der Waals surface area contributed by atoms with Crippen LogP contribution in [0.2, 0.25) is 0 Å². The van der Waals surface area contributed by atoms with E-state index in [-0.39, 0.29) is 5.91 Å². The van der Waals surface area contributed by atoms with Gasteiger partial charge in [0.05, 0.1) is 11.9 Å². The van der Waals surface area contributed by atoms with E-state index in [4.69, 9.17) is 4.98 Å². The maximum atomic E-state index is 12.3. The van der Waals surface area contributed by atoms with E-state index in [1.807, 2.05) is 54.0 Å². The molecule has 1 saturated heterocycles. The van der Waals surface area contributed by atoms with Gasteiger partial charge in [0, 0.05) is 57.3 Å². The first-order valence-corrected chi connectivity index (χ1v) is 8.94. The van der Waals surface area contributed by atoms with Gasteiger partial charge in [-0.05, 0) is 26.9 Å². The normalized spacial score (nSPS) is 15.9. The van der Waals surface area contributed by atoms with Crippen molar-refractivity contribution < 1.29 is 4.79 Å². The molecule has 0 atom stereocenters. The average Bonchev–Trinajstić information content (AvgIpc) is 3.07. The Morgan fingerprint density at radius 2 is 2.08 bits per heavy atom. The number of aromatic nitrogens is 4. The summed E-state index contributed by atoms with van der Waals surface area (Å²) in [6.07, 6.45) is 12.7. The van der Waals surface area contributed by atoms with Gasteiger partial charge >= 0.3 is 0 Å². The van der Waals surface area contributed by atoms with E-state index in [1.54, 1.807) is 18.5 Å². The number of rotatable bonds is 5. The van der Waals surface area contributed by atoms with Gasteiger partial charge in [-0.25, -0.2) is 9.97 Å². The quantitative estimate of drug-likeness (QED) is 0.765. The first kappa shape index (κ1) is 18.3. The van der Waals surface area contributed by atoms with Crippen molar-refractivity contribution in [2.75, 3.05) is 33.7 Å².